The standard InChI is InChI=1S/C18H29N3O2S.2ClH/c1-13-6-8-21(9-7-13)15(17-3-2-10-24-17)12-20-18(22)16-5-4-14(11-19)23-16;;/h2-3,10,13-16H,4-9,11-12,19H2,1H3,(H,20,22);2*1H/t14-,15?,16+;;/m1../s1. The predicted octanol–water partition coefficient (Wildman–Crippen LogP) is 2.99. The van der Waals surface area contributed by atoms with Crippen LogP contribution in [0.2, 0.25) is 0 Å². The summed E-state index contributed by atoms with van der Waals surface area (Å²) in [6.07, 6.45) is 3.84. The number of hydrogen-bond acceptors (Lipinski definition) is 5. The highest BCUT2D eigenvalue weighted by molar-refractivity contribution is 7.10. The number of rotatable bonds is 6. The van der Waals surface area contributed by atoms with Gasteiger partial charge < -0.3 is 15.8 Å². The van der Waals surface area contributed by atoms with Crippen LogP contribution in [0.15, 0.2) is 17.5 Å². The van der Waals surface area contributed by atoms with Gasteiger partial charge in [0.25, 0.3) is 0 Å². The molecule has 1 unspecified atom stereocenters. The van der Waals surface area contributed by atoms with Crippen molar-refractivity contribution in [1.29, 1.82) is 0 Å². The van der Waals surface area contributed by atoms with Crippen molar-refractivity contribution in [2.75, 3.05) is 26.2 Å². The van der Waals surface area contributed by atoms with Crippen LogP contribution < -0.4 is 11.1 Å². The largest absolute Gasteiger partial charge is 0.364 e. The zero-order valence-electron chi connectivity index (χ0n) is 15.3. The van der Waals surface area contributed by atoms with Crippen molar-refractivity contribution in [3.63, 3.8) is 0 Å². The van der Waals surface area contributed by atoms with Crippen LogP contribution in [0.4, 0.5) is 0 Å². The normalized spacial score (nSPS) is 25.2. The Labute approximate surface area is 172 Å². The first-order chi connectivity index (χ1) is 11.7. The summed E-state index contributed by atoms with van der Waals surface area (Å²) in [5, 5.41) is 5.24. The number of carbonyl (C=O) groups excluding carboxylic acids is 1. The minimum atomic E-state index is -0.330. The Hall–Kier alpha value is -0.370. The van der Waals surface area contributed by atoms with E-state index < -0.39 is 0 Å². The van der Waals surface area contributed by atoms with Crippen molar-refractivity contribution < 1.29 is 9.53 Å². The molecular weight excluding hydrogens is 393 g/mol. The Bertz CT molecular complexity index is 525. The zero-order chi connectivity index (χ0) is 16.9. The van der Waals surface area contributed by atoms with Gasteiger partial charge in [-0.1, -0.05) is 13.0 Å². The van der Waals surface area contributed by atoms with E-state index in [0.717, 1.165) is 31.8 Å². The number of nitrogens with zero attached hydrogens (tertiary/aromatic N) is 1. The third kappa shape index (κ3) is 6.08. The van der Waals surface area contributed by atoms with Crippen molar-refractivity contribution in [2.45, 2.75) is 50.9 Å². The topological polar surface area (TPSA) is 67.6 Å². The second-order valence-electron chi connectivity index (χ2n) is 7.05. The fourth-order valence-corrected chi connectivity index (χ4v) is 4.47. The van der Waals surface area contributed by atoms with E-state index in [1.807, 2.05) is 0 Å². The molecule has 0 saturated carbocycles. The lowest BCUT2D eigenvalue weighted by molar-refractivity contribution is -0.132. The summed E-state index contributed by atoms with van der Waals surface area (Å²) in [4.78, 5) is 16.3. The molecule has 3 heterocycles. The van der Waals surface area contributed by atoms with Gasteiger partial charge in [0.15, 0.2) is 0 Å². The third-order valence-corrected chi connectivity index (χ3v) is 6.24. The molecule has 0 radical (unpaired) electrons. The number of hydrogen-bond donors (Lipinski definition) is 2. The first-order valence-corrected chi connectivity index (χ1v) is 9.96. The number of carbonyl (C=O) groups is 1. The predicted molar refractivity (Wildman–Crippen MR) is 111 cm³/mol. The van der Waals surface area contributed by atoms with Gasteiger partial charge in [0.2, 0.25) is 5.91 Å². The Morgan fingerprint density at radius 3 is 2.65 bits per heavy atom. The lowest BCUT2D eigenvalue weighted by Gasteiger charge is -2.36. The van der Waals surface area contributed by atoms with E-state index >= 15 is 0 Å². The minimum absolute atomic E-state index is 0. The molecule has 2 aliphatic rings. The van der Waals surface area contributed by atoms with Gasteiger partial charge in [0, 0.05) is 18.0 Å². The maximum Gasteiger partial charge on any atom is 0.249 e. The van der Waals surface area contributed by atoms with Crippen molar-refractivity contribution in [1.82, 2.24) is 10.2 Å². The molecule has 2 saturated heterocycles. The summed E-state index contributed by atoms with van der Waals surface area (Å²) in [7, 11) is 0. The zero-order valence-corrected chi connectivity index (χ0v) is 17.7. The second kappa shape index (κ2) is 11.5. The monoisotopic (exact) mass is 423 g/mol. The summed E-state index contributed by atoms with van der Waals surface area (Å²) in [6, 6.07) is 4.54. The smallest absolute Gasteiger partial charge is 0.249 e. The summed E-state index contributed by atoms with van der Waals surface area (Å²) in [6.45, 7) is 5.68. The molecule has 0 aromatic carbocycles. The first-order valence-electron chi connectivity index (χ1n) is 9.08. The van der Waals surface area contributed by atoms with Crippen molar-refractivity contribution >= 4 is 42.1 Å². The molecule has 2 aliphatic heterocycles. The van der Waals surface area contributed by atoms with Gasteiger partial charge in [-0.25, -0.2) is 0 Å². The Morgan fingerprint density at radius 2 is 2.08 bits per heavy atom. The SMILES string of the molecule is CC1CCN(C(CNC(=O)[C@@H]2CC[C@H](CN)O2)c2cccs2)CC1.Cl.Cl. The maximum absolute atomic E-state index is 12.4. The number of halogens is 2. The van der Waals surface area contributed by atoms with Crippen molar-refractivity contribution in [3.8, 4) is 0 Å². The van der Waals surface area contributed by atoms with E-state index in [1.165, 1.54) is 17.7 Å². The lowest BCUT2D eigenvalue weighted by atomic mass is 9.97. The molecule has 3 N–H and O–H groups in total. The van der Waals surface area contributed by atoms with Gasteiger partial charge >= 0.3 is 0 Å². The quantitative estimate of drug-likeness (QED) is 0.737. The molecule has 1 aromatic heterocycles. The van der Waals surface area contributed by atoms with E-state index in [4.69, 9.17) is 10.5 Å². The summed E-state index contributed by atoms with van der Waals surface area (Å²) < 4.78 is 5.71. The number of nitrogens with two attached hydrogens (primary N) is 1. The van der Waals surface area contributed by atoms with E-state index in [-0.39, 0.29) is 49.0 Å². The van der Waals surface area contributed by atoms with Crippen LogP contribution in [0, 0.1) is 5.92 Å². The fraction of sp³-hybridized carbons (Fsp3) is 0.722. The van der Waals surface area contributed by atoms with Crippen LogP contribution in [-0.4, -0.2) is 49.2 Å². The van der Waals surface area contributed by atoms with Crippen molar-refractivity contribution in [2.24, 2.45) is 11.7 Å². The summed E-state index contributed by atoms with van der Waals surface area (Å²) >= 11 is 1.77. The van der Waals surface area contributed by atoms with Gasteiger partial charge in [0.05, 0.1) is 12.1 Å². The molecule has 0 bridgehead atoms. The van der Waals surface area contributed by atoms with Gasteiger partial charge in [-0.05, 0) is 56.1 Å². The molecule has 150 valence electrons. The highest BCUT2D eigenvalue weighted by Crippen LogP contribution is 2.29. The Kier molecular flexibility index (Phi) is 10.4. The van der Waals surface area contributed by atoms with Crippen LogP contribution in [0.1, 0.15) is 43.5 Å². The average Bonchev–Trinajstić information content (AvgIpc) is 3.28. The van der Waals surface area contributed by atoms with Crippen LogP contribution in [0.5, 0.6) is 0 Å². The van der Waals surface area contributed by atoms with Gasteiger partial charge in [-0.3, -0.25) is 9.69 Å². The van der Waals surface area contributed by atoms with Gasteiger partial charge in [0.1, 0.15) is 6.10 Å². The molecule has 3 atom stereocenters. The number of piperidine rings is 1. The second-order valence-corrected chi connectivity index (χ2v) is 8.03. The summed E-state index contributed by atoms with van der Waals surface area (Å²) in [5.41, 5.74) is 5.63. The molecular formula is C18H31Cl2N3O2S. The van der Waals surface area contributed by atoms with Crippen molar-refractivity contribution in [3.05, 3.63) is 22.4 Å². The maximum atomic E-state index is 12.4. The average molecular weight is 424 g/mol. The highest BCUT2D eigenvalue weighted by atomic mass is 35.5. The molecule has 3 rings (SSSR count). The highest BCUT2D eigenvalue weighted by Gasteiger charge is 2.31. The molecule has 5 nitrogen and oxygen atoms in total. The number of likely N-dealkylation sites (tertiary alicyclic amines) is 1. The Balaban J connectivity index is 0.00000169. The van der Waals surface area contributed by atoms with Crippen LogP contribution >= 0.6 is 36.2 Å². The van der Waals surface area contributed by atoms with E-state index in [0.29, 0.717) is 13.1 Å². The fourth-order valence-electron chi connectivity index (χ4n) is 3.61. The van der Waals surface area contributed by atoms with E-state index in [2.05, 4.69) is 34.7 Å². The molecule has 0 spiro atoms. The molecule has 1 aromatic rings. The molecule has 0 aliphatic carbocycles. The Morgan fingerprint density at radius 1 is 1.35 bits per heavy atom. The first kappa shape index (κ1) is 23.7. The molecule has 2 fully saturated rings. The third-order valence-electron chi connectivity index (χ3n) is 5.26. The number of ether oxygens (including phenoxy) is 1. The number of nitrogens with one attached hydrogen (secondary N) is 1. The molecule has 26 heavy (non-hydrogen) atoms. The van der Waals surface area contributed by atoms with E-state index in [9.17, 15) is 4.79 Å². The minimum Gasteiger partial charge on any atom is -0.364 e. The van der Waals surface area contributed by atoms with Crippen LogP contribution in [-0.2, 0) is 9.53 Å². The molecule has 8 heteroatoms. The van der Waals surface area contributed by atoms with E-state index in [1.54, 1.807) is 11.3 Å². The number of amides is 1. The van der Waals surface area contributed by atoms with Gasteiger partial charge in [-0.15, -0.1) is 36.2 Å². The lowest BCUT2D eigenvalue weighted by Crippen LogP contribution is -2.44. The number of thiophene rings is 1. The van der Waals surface area contributed by atoms with Crippen LogP contribution in [0.25, 0.3) is 0 Å². The van der Waals surface area contributed by atoms with Crippen LogP contribution in [0.3, 0.4) is 0 Å². The van der Waals surface area contributed by atoms with Gasteiger partial charge in [-0.2, -0.15) is 0 Å². The summed E-state index contributed by atoms with van der Waals surface area (Å²) in [5.74, 6) is 0.817. The molecule has 1 amide bonds.